The van der Waals surface area contributed by atoms with Gasteiger partial charge in [-0.1, -0.05) is 30.3 Å². The van der Waals surface area contributed by atoms with Gasteiger partial charge in [0.2, 0.25) is 0 Å². The molecule has 3 fully saturated rings. The van der Waals surface area contributed by atoms with E-state index in [0.29, 0.717) is 0 Å². The third kappa shape index (κ3) is 3.98. The standard InChI is InChI=1S/C20H29N3O2/c24-19(23-11-8-20(15-23)9-12-25-16-20)21-18-7-4-10-22(14-18)13-17-5-2-1-3-6-17/h1-3,5-6,18H,4,7-16H2,(H,21,24)/t18-,20-/m0/s1. The van der Waals surface area contributed by atoms with Gasteiger partial charge < -0.3 is 15.0 Å². The summed E-state index contributed by atoms with van der Waals surface area (Å²) in [7, 11) is 0. The summed E-state index contributed by atoms with van der Waals surface area (Å²) in [4.78, 5) is 17.1. The lowest BCUT2D eigenvalue weighted by molar-refractivity contribution is 0.148. The monoisotopic (exact) mass is 343 g/mol. The van der Waals surface area contributed by atoms with Crippen LogP contribution in [0.4, 0.5) is 4.79 Å². The van der Waals surface area contributed by atoms with E-state index < -0.39 is 0 Å². The number of nitrogens with one attached hydrogen (secondary N) is 1. The summed E-state index contributed by atoms with van der Waals surface area (Å²) in [6.45, 7) is 6.44. The van der Waals surface area contributed by atoms with Crippen LogP contribution >= 0.6 is 0 Å². The van der Waals surface area contributed by atoms with Crippen molar-refractivity contribution in [1.29, 1.82) is 0 Å². The van der Waals surface area contributed by atoms with Crippen LogP contribution in [-0.2, 0) is 11.3 Å². The number of likely N-dealkylation sites (tertiary alicyclic amines) is 2. The van der Waals surface area contributed by atoms with Crippen molar-refractivity contribution in [1.82, 2.24) is 15.1 Å². The van der Waals surface area contributed by atoms with Gasteiger partial charge in [-0.05, 0) is 37.8 Å². The molecule has 5 nitrogen and oxygen atoms in total. The van der Waals surface area contributed by atoms with Crippen LogP contribution in [0.5, 0.6) is 0 Å². The van der Waals surface area contributed by atoms with E-state index in [1.165, 1.54) is 5.56 Å². The molecule has 3 saturated heterocycles. The highest BCUT2D eigenvalue weighted by Crippen LogP contribution is 2.38. The van der Waals surface area contributed by atoms with Crippen LogP contribution in [0.25, 0.3) is 0 Å². The van der Waals surface area contributed by atoms with Gasteiger partial charge in [0.05, 0.1) is 6.61 Å². The van der Waals surface area contributed by atoms with Crippen molar-refractivity contribution in [2.45, 2.75) is 38.3 Å². The predicted octanol–water partition coefficient (Wildman–Crippen LogP) is 2.47. The molecule has 3 aliphatic rings. The van der Waals surface area contributed by atoms with Gasteiger partial charge in [-0.2, -0.15) is 0 Å². The Kier molecular flexibility index (Phi) is 4.95. The molecule has 0 bridgehead atoms. The summed E-state index contributed by atoms with van der Waals surface area (Å²) in [5, 5.41) is 3.29. The van der Waals surface area contributed by atoms with E-state index in [4.69, 9.17) is 4.74 Å². The SMILES string of the molecule is O=C(N[C@H]1CCCN(Cc2ccccc2)C1)N1CC[C@]2(CCOC2)C1. The van der Waals surface area contributed by atoms with Crippen LogP contribution in [0.2, 0.25) is 0 Å². The second-order valence-electron chi connectivity index (χ2n) is 7.98. The minimum absolute atomic E-state index is 0.121. The molecule has 5 heteroatoms. The number of hydrogen-bond donors (Lipinski definition) is 1. The van der Waals surface area contributed by atoms with Crippen LogP contribution in [0.15, 0.2) is 30.3 Å². The largest absolute Gasteiger partial charge is 0.381 e. The van der Waals surface area contributed by atoms with Crippen molar-refractivity contribution < 1.29 is 9.53 Å². The zero-order chi connectivity index (χ0) is 17.1. The number of hydrogen-bond acceptors (Lipinski definition) is 3. The molecular weight excluding hydrogens is 314 g/mol. The highest BCUT2D eigenvalue weighted by molar-refractivity contribution is 5.75. The topological polar surface area (TPSA) is 44.8 Å². The van der Waals surface area contributed by atoms with Crippen LogP contribution < -0.4 is 5.32 Å². The first-order chi connectivity index (χ1) is 12.2. The minimum atomic E-state index is 0.121. The molecule has 0 aromatic heterocycles. The fraction of sp³-hybridized carbons (Fsp3) is 0.650. The van der Waals surface area contributed by atoms with E-state index in [1.54, 1.807) is 0 Å². The molecule has 4 rings (SSSR count). The lowest BCUT2D eigenvalue weighted by atomic mass is 9.87. The van der Waals surface area contributed by atoms with Gasteiger partial charge in [0.15, 0.2) is 0 Å². The van der Waals surface area contributed by atoms with Crippen molar-refractivity contribution in [2.24, 2.45) is 5.41 Å². The van der Waals surface area contributed by atoms with Gasteiger partial charge in [-0.25, -0.2) is 4.79 Å². The quantitative estimate of drug-likeness (QED) is 0.917. The molecule has 0 unspecified atom stereocenters. The molecule has 3 aliphatic heterocycles. The van der Waals surface area contributed by atoms with Crippen LogP contribution in [0.3, 0.4) is 0 Å². The smallest absolute Gasteiger partial charge is 0.317 e. The van der Waals surface area contributed by atoms with Crippen LogP contribution in [0.1, 0.15) is 31.2 Å². The molecule has 0 radical (unpaired) electrons. The van der Waals surface area contributed by atoms with Crippen LogP contribution in [-0.4, -0.2) is 61.3 Å². The maximum absolute atomic E-state index is 12.7. The molecule has 1 spiro atoms. The summed E-state index contributed by atoms with van der Waals surface area (Å²) >= 11 is 0. The summed E-state index contributed by atoms with van der Waals surface area (Å²) in [6.07, 6.45) is 4.42. The number of nitrogens with zero attached hydrogens (tertiary/aromatic N) is 2. The van der Waals surface area contributed by atoms with E-state index in [0.717, 1.165) is 71.6 Å². The summed E-state index contributed by atoms with van der Waals surface area (Å²) in [5.41, 5.74) is 1.58. The van der Waals surface area contributed by atoms with Gasteiger partial charge >= 0.3 is 6.03 Å². The Morgan fingerprint density at radius 2 is 2.12 bits per heavy atom. The molecule has 136 valence electrons. The van der Waals surface area contributed by atoms with Crippen molar-refractivity contribution in [3.63, 3.8) is 0 Å². The van der Waals surface area contributed by atoms with Crippen molar-refractivity contribution in [3.05, 3.63) is 35.9 Å². The second kappa shape index (κ2) is 7.34. The van der Waals surface area contributed by atoms with Crippen molar-refractivity contribution >= 4 is 6.03 Å². The molecule has 0 saturated carbocycles. The highest BCUT2D eigenvalue weighted by Gasteiger charge is 2.43. The normalized spacial score (nSPS) is 30.1. The summed E-state index contributed by atoms with van der Waals surface area (Å²) in [6, 6.07) is 11.0. The minimum Gasteiger partial charge on any atom is -0.381 e. The van der Waals surface area contributed by atoms with E-state index in [9.17, 15) is 4.79 Å². The lowest BCUT2D eigenvalue weighted by Crippen LogP contribution is -2.51. The molecule has 25 heavy (non-hydrogen) atoms. The lowest BCUT2D eigenvalue weighted by Gasteiger charge is -2.34. The van der Waals surface area contributed by atoms with Crippen LogP contribution in [0, 0.1) is 5.41 Å². The first-order valence-electron chi connectivity index (χ1n) is 9.62. The van der Waals surface area contributed by atoms with Gasteiger partial charge in [-0.3, -0.25) is 4.90 Å². The Hall–Kier alpha value is -1.59. The average molecular weight is 343 g/mol. The molecule has 1 aromatic rings. The number of rotatable bonds is 3. The molecule has 0 aliphatic carbocycles. The van der Waals surface area contributed by atoms with Gasteiger partial charge in [0.1, 0.15) is 0 Å². The number of carbonyl (C=O) groups excluding carboxylic acids is 1. The first-order valence-corrected chi connectivity index (χ1v) is 9.62. The van der Waals surface area contributed by atoms with E-state index in [2.05, 4.69) is 40.5 Å². The Morgan fingerprint density at radius 1 is 1.24 bits per heavy atom. The van der Waals surface area contributed by atoms with E-state index in [-0.39, 0.29) is 17.5 Å². The summed E-state index contributed by atoms with van der Waals surface area (Å²) in [5.74, 6) is 0. The number of urea groups is 1. The third-order valence-electron chi connectivity index (χ3n) is 5.99. The Labute approximate surface area is 150 Å². The van der Waals surface area contributed by atoms with Crippen molar-refractivity contribution in [3.8, 4) is 0 Å². The third-order valence-corrected chi connectivity index (χ3v) is 5.99. The zero-order valence-corrected chi connectivity index (χ0v) is 15.0. The first kappa shape index (κ1) is 16.9. The predicted molar refractivity (Wildman–Crippen MR) is 97.3 cm³/mol. The maximum atomic E-state index is 12.7. The maximum Gasteiger partial charge on any atom is 0.317 e. The average Bonchev–Trinajstić information content (AvgIpc) is 3.26. The molecular formula is C20H29N3O2. The van der Waals surface area contributed by atoms with Gasteiger partial charge in [0.25, 0.3) is 0 Å². The number of carbonyl (C=O) groups is 1. The zero-order valence-electron chi connectivity index (χ0n) is 15.0. The second-order valence-corrected chi connectivity index (χ2v) is 7.98. The number of amides is 2. The summed E-state index contributed by atoms with van der Waals surface area (Å²) < 4.78 is 5.57. The fourth-order valence-electron chi connectivity index (χ4n) is 4.50. The Balaban J connectivity index is 1.28. The Morgan fingerprint density at radius 3 is 2.92 bits per heavy atom. The molecule has 3 heterocycles. The molecule has 2 atom stereocenters. The molecule has 1 N–H and O–H groups in total. The number of ether oxygens (including phenoxy) is 1. The number of benzene rings is 1. The van der Waals surface area contributed by atoms with E-state index in [1.807, 2.05) is 4.90 Å². The van der Waals surface area contributed by atoms with Gasteiger partial charge in [-0.15, -0.1) is 0 Å². The Bertz CT molecular complexity index is 586. The highest BCUT2D eigenvalue weighted by atomic mass is 16.5. The van der Waals surface area contributed by atoms with E-state index >= 15 is 0 Å². The molecule has 2 amide bonds. The number of piperidine rings is 1. The molecule has 1 aromatic carbocycles. The fourth-order valence-corrected chi connectivity index (χ4v) is 4.50. The van der Waals surface area contributed by atoms with Gasteiger partial charge in [0, 0.05) is 44.2 Å². The van der Waals surface area contributed by atoms with Crippen molar-refractivity contribution in [2.75, 3.05) is 39.4 Å².